The van der Waals surface area contributed by atoms with Crippen LogP contribution in [0.25, 0.3) is 0 Å². The summed E-state index contributed by atoms with van der Waals surface area (Å²) in [6, 6.07) is -0.846. The Morgan fingerprint density at radius 1 is 1.14 bits per heavy atom. The van der Waals surface area contributed by atoms with E-state index >= 15 is 0 Å². The van der Waals surface area contributed by atoms with Crippen LogP contribution in [-0.2, 0) is 4.79 Å². The summed E-state index contributed by atoms with van der Waals surface area (Å²) < 4.78 is 37.4. The lowest BCUT2D eigenvalue weighted by Gasteiger charge is -2.26. The fraction of sp³-hybridized carbons (Fsp3) is 0.929. The van der Waals surface area contributed by atoms with E-state index in [1.165, 1.54) is 6.42 Å². The Labute approximate surface area is 124 Å². The zero-order valence-corrected chi connectivity index (χ0v) is 12.7. The molecule has 0 fully saturated rings. The van der Waals surface area contributed by atoms with Gasteiger partial charge in [-0.3, -0.25) is 4.79 Å². The Bertz CT molecular complexity index is 286. The second-order valence-corrected chi connectivity index (χ2v) is 5.31. The SMILES string of the molecule is CCCCCCCCCN(CC(N)CO)C(=O)C(F)(F)F. The van der Waals surface area contributed by atoms with Gasteiger partial charge >= 0.3 is 12.1 Å². The van der Waals surface area contributed by atoms with Crippen LogP contribution in [0, 0.1) is 0 Å². The van der Waals surface area contributed by atoms with E-state index in [1.54, 1.807) is 0 Å². The fourth-order valence-electron chi connectivity index (χ4n) is 2.06. The predicted molar refractivity (Wildman–Crippen MR) is 75.7 cm³/mol. The van der Waals surface area contributed by atoms with E-state index in [0.717, 1.165) is 32.1 Å². The van der Waals surface area contributed by atoms with E-state index in [0.29, 0.717) is 11.3 Å². The Hall–Kier alpha value is -0.820. The third-order valence-electron chi connectivity index (χ3n) is 3.25. The number of unbranched alkanes of at least 4 members (excludes halogenated alkanes) is 6. The zero-order valence-electron chi connectivity index (χ0n) is 12.7. The highest BCUT2D eigenvalue weighted by molar-refractivity contribution is 5.81. The number of carbonyl (C=O) groups is 1. The van der Waals surface area contributed by atoms with Gasteiger partial charge in [-0.2, -0.15) is 13.2 Å². The smallest absolute Gasteiger partial charge is 0.395 e. The van der Waals surface area contributed by atoms with Gasteiger partial charge in [0.2, 0.25) is 0 Å². The number of nitrogens with zero attached hydrogens (tertiary/aromatic N) is 1. The summed E-state index contributed by atoms with van der Waals surface area (Å²) >= 11 is 0. The molecule has 0 aromatic rings. The van der Waals surface area contributed by atoms with Crippen molar-refractivity contribution >= 4 is 5.91 Å². The van der Waals surface area contributed by atoms with Gasteiger partial charge in [-0.05, 0) is 6.42 Å². The van der Waals surface area contributed by atoms with Gasteiger partial charge in [0.15, 0.2) is 0 Å². The number of halogens is 3. The first-order chi connectivity index (χ1) is 9.82. The van der Waals surface area contributed by atoms with E-state index in [-0.39, 0.29) is 13.1 Å². The zero-order chi connectivity index (χ0) is 16.3. The van der Waals surface area contributed by atoms with Gasteiger partial charge in [-0.15, -0.1) is 0 Å². The minimum atomic E-state index is -4.89. The highest BCUT2D eigenvalue weighted by atomic mass is 19.4. The van der Waals surface area contributed by atoms with Crippen LogP contribution in [0.4, 0.5) is 13.2 Å². The van der Waals surface area contributed by atoms with Gasteiger partial charge in [0, 0.05) is 19.1 Å². The van der Waals surface area contributed by atoms with Gasteiger partial charge < -0.3 is 15.7 Å². The standard InChI is InChI=1S/C14H27F3N2O2/c1-2-3-4-5-6-7-8-9-19(10-12(18)11-20)13(21)14(15,16)17/h12,20H,2-11,18H2,1H3. The molecule has 1 amide bonds. The topological polar surface area (TPSA) is 66.6 Å². The van der Waals surface area contributed by atoms with Crippen LogP contribution in [0.5, 0.6) is 0 Å². The summed E-state index contributed by atoms with van der Waals surface area (Å²) in [6.45, 7) is 1.42. The van der Waals surface area contributed by atoms with Crippen LogP contribution in [0.1, 0.15) is 51.9 Å². The van der Waals surface area contributed by atoms with E-state index in [1.807, 2.05) is 0 Å². The molecule has 0 aromatic heterocycles. The number of aliphatic hydroxyl groups excluding tert-OH is 1. The van der Waals surface area contributed by atoms with Crippen LogP contribution in [-0.4, -0.2) is 47.8 Å². The normalized spacial score (nSPS) is 13.2. The summed E-state index contributed by atoms with van der Waals surface area (Å²) in [5.74, 6) is -1.88. The van der Waals surface area contributed by atoms with Crippen LogP contribution >= 0.6 is 0 Å². The molecule has 0 heterocycles. The lowest BCUT2D eigenvalue weighted by Crippen LogP contribution is -2.48. The molecule has 0 aliphatic carbocycles. The molecule has 0 saturated carbocycles. The maximum absolute atomic E-state index is 12.5. The van der Waals surface area contributed by atoms with E-state index in [4.69, 9.17) is 10.8 Å². The highest BCUT2D eigenvalue weighted by Gasteiger charge is 2.42. The molecule has 21 heavy (non-hydrogen) atoms. The second kappa shape index (κ2) is 10.8. The molecule has 1 unspecified atom stereocenters. The summed E-state index contributed by atoms with van der Waals surface area (Å²) in [6.07, 6.45) is 1.90. The lowest BCUT2D eigenvalue weighted by molar-refractivity contribution is -0.185. The van der Waals surface area contributed by atoms with Crippen LogP contribution in [0.15, 0.2) is 0 Å². The first-order valence-corrected chi connectivity index (χ1v) is 7.55. The number of hydrogen-bond acceptors (Lipinski definition) is 3. The molecule has 0 aromatic carbocycles. The van der Waals surface area contributed by atoms with Gasteiger partial charge in [0.25, 0.3) is 0 Å². The molecule has 0 aliphatic heterocycles. The van der Waals surface area contributed by atoms with Gasteiger partial charge in [-0.25, -0.2) is 0 Å². The second-order valence-electron chi connectivity index (χ2n) is 5.31. The molecule has 4 nitrogen and oxygen atoms in total. The molecular formula is C14H27F3N2O2. The molecule has 1 atom stereocenters. The van der Waals surface area contributed by atoms with Crippen molar-refractivity contribution in [2.24, 2.45) is 5.73 Å². The number of carbonyl (C=O) groups excluding carboxylic acids is 1. The largest absolute Gasteiger partial charge is 0.471 e. The van der Waals surface area contributed by atoms with Crippen molar-refractivity contribution in [2.45, 2.75) is 64.1 Å². The van der Waals surface area contributed by atoms with E-state index in [9.17, 15) is 18.0 Å². The Balaban J connectivity index is 4.14. The van der Waals surface area contributed by atoms with Crippen molar-refractivity contribution in [3.8, 4) is 0 Å². The minimum Gasteiger partial charge on any atom is -0.395 e. The van der Waals surface area contributed by atoms with Crippen LogP contribution in [0.2, 0.25) is 0 Å². The molecule has 126 valence electrons. The molecule has 7 heteroatoms. The average molecular weight is 312 g/mol. The van der Waals surface area contributed by atoms with E-state index in [2.05, 4.69) is 6.92 Å². The maximum Gasteiger partial charge on any atom is 0.471 e. The number of nitrogens with two attached hydrogens (primary N) is 1. The molecule has 0 radical (unpaired) electrons. The van der Waals surface area contributed by atoms with Gasteiger partial charge in [0.1, 0.15) is 0 Å². The molecule has 0 saturated heterocycles. The van der Waals surface area contributed by atoms with Crippen molar-refractivity contribution in [1.29, 1.82) is 0 Å². The van der Waals surface area contributed by atoms with Gasteiger partial charge in [-0.1, -0.05) is 45.4 Å². The molecule has 0 aliphatic rings. The van der Waals surface area contributed by atoms with Gasteiger partial charge in [0.05, 0.1) is 6.61 Å². The molecule has 0 bridgehead atoms. The fourth-order valence-corrected chi connectivity index (χ4v) is 2.06. The average Bonchev–Trinajstić information content (AvgIpc) is 2.43. The Morgan fingerprint density at radius 2 is 1.67 bits per heavy atom. The maximum atomic E-state index is 12.5. The summed E-state index contributed by atoms with van der Waals surface area (Å²) in [7, 11) is 0. The lowest BCUT2D eigenvalue weighted by atomic mass is 10.1. The van der Waals surface area contributed by atoms with Crippen molar-refractivity contribution < 1.29 is 23.1 Å². The molecule has 0 rings (SSSR count). The quantitative estimate of drug-likeness (QED) is 0.576. The first kappa shape index (κ1) is 20.2. The summed E-state index contributed by atoms with van der Waals surface area (Å²) in [5, 5.41) is 8.82. The van der Waals surface area contributed by atoms with Crippen molar-refractivity contribution in [3.63, 3.8) is 0 Å². The Morgan fingerprint density at radius 3 is 2.14 bits per heavy atom. The Kier molecular flexibility index (Phi) is 10.4. The summed E-state index contributed by atoms with van der Waals surface area (Å²) in [5.41, 5.74) is 5.43. The van der Waals surface area contributed by atoms with Crippen LogP contribution in [0.3, 0.4) is 0 Å². The monoisotopic (exact) mass is 312 g/mol. The molecule has 0 spiro atoms. The molecular weight excluding hydrogens is 285 g/mol. The number of alkyl halides is 3. The van der Waals surface area contributed by atoms with E-state index < -0.39 is 24.7 Å². The number of hydrogen-bond donors (Lipinski definition) is 2. The third-order valence-corrected chi connectivity index (χ3v) is 3.25. The van der Waals surface area contributed by atoms with Crippen molar-refractivity contribution in [2.75, 3.05) is 19.7 Å². The molecule has 3 N–H and O–H groups in total. The highest BCUT2D eigenvalue weighted by Crippen LogP contribution is 2.19. The predicted octanol–water partition coefficient (Wildman–Crippen LogP) is 2.45. The number of rotatable bonds is 11. The number of amides is 1. The minimum absolute atomic E-state index is 0.0276. The van der Waals surface area contributed by atoms with Crippen LogP contribution < -0.4 is 5.73 Å². The van der Waals surface area contributed by atoms with Crippen molar-refractivity contribution in [1.82, 2.24) is 4.90 Å². The van der Waals surface area contributed by atoms with Crippen molar-refractivity contribution in [3.05, 3.63) is 0 Å². The number of aliphatic hydroxyl groups is 1. The third kappa shape index (κ3) is 9.68. The first-order valence-electron chi connectivity index (χ1n) is 7.55. The summed E-state index contributed by atoms with van der Waals surface area (Å²) in [4.78, 5) is 12.0.